The minimum absolute atomic E-state index is 0.120. The third kappa shape index (κ3) is 3.76. The summed E-state index contributed by atoms with van der Waals surface area (Å²) in [5.41, 5.74) is 0.935. The number of methoxy groups -OCH3 is 2. The van der Waals surface area contributed by atoms with Gasteiger partial charge in [0, 0.05) is 10.6 Å². The number of thiophene rings is 1. The zero-order chi connectivity index (χ0) is 15.2. The number of carbonyl (C=O) groups is 1. The van der Waals surface area contributed by atoms with Crippen molar-refractivity contribution in [3.05, 3.63) is 46.7 Å². The van der Waals surface area contributed by atoms with Crippen molar-refractivity contribution in [2.45, 2.75) is 13.0 Å². The van der Waals surface area contributed by atoms with Crippen LogP contribution in [0.3, 0.4) is 0 Å². The van der Waals surface area contributed by atoms with Gasteiger partial charge in [-0.25, -0.2) is 0 Å². The van der Waals surface area contributed by atoms with Gasteiger partial charge in [-0.05, 0) is 42.6 Å². The fourth-order valence-corrected chi connectivity index (χ4v) is 2.98. The van der Waals surface area contributed by atoms with Gasteiger partial charge in [0.05, 0.1) is 26.2 Å². The summed E-state index contributed by atoms with van der Waals surface area (Å²) < 4.78 is 10.0. The molecule has 1 heterocycles. The number of carbonyl (C=O) groups excluding carboxylic acids is 1. The van der Waals surface area contributed by atoms with Crippen molar-refractivity contribution in [2.75, 3.05) is 19.5 Å². The summed E-state index contributed by atoms with van der Waals surface area (Å²) in [6.07, 6.45) is 0. The molecule has 0 spiro atoms. The van der Waals surface area contributed by atoms with Gasteiger partial charge in [0.25, 0.3) is 0 Å². The standard InChI is InChI=1S/C16H19NO3S/c1-11(16(18)20-3)15(14-5-4-10-21-14)17-12-6-8-13(19-2)9-7-12/h4-11,15,17H,1-3H3/t11-,15+/m1/s1. The third-order valence-corrected chi connectivity index (χ3v) is 4.29. The smallest absolute Gasteiger partial charge is 0.310 e. The van der Waals surface area contributed by atoms with Gasteiger partial charge in [0.2, 0.25) is 0 Å². The van der Waals surface area contributed by atoms with Gasteiger partial charge in [0.1, 0.15) is 5.75 Å². The van der Waals surface area contributed by atoms with Crippen LogP contribution in [0.25, 0.3) is 0 Å². The molecule has 0 unspecified atom stereocenters. The summed E-state index contributed by atoms with van der Waals surface area (Å²) in [7, 11) is 3.05. The number of benzene rings is 1. The summed E-state index contributed by atoms with van der Waals surface area (Å²) in [6, 6.07) is 11.5. The Hall–Kier alpha value is -2.01. The molecule has 0 saturated carbocycles. The number of rotatable bonds is 6. The molecule has 0 aliphatic rings. The highest BCUT2D eigenvalue weighted by Gasteiger charge is 2.27. The average Bonchev–Trinajstić information content (AvgIpc) is 3.05. The number of hydrogen-bond donors (Lipinski definition) is 1. The zero-order valence-electron chi connectivity index (χ0n) is 12.3. The first kappa shape index (κ1) is 15.4. The number of nitrogens with one attached hydrogen (secondary N) is 1. The predicted molar refractivity (Wildman–Crippen MR) is 84.9 cm³/mol. The first-order valence-corrected chi connectivity index (χ1v) is 7.55. The van der Waals surface area contributed by atoms with E-state index in [9.17, 15) is 4.79 Å². The highest BCUT2D eigenvalue weighted by atomic mass is 32.1. The van der Waals surface area contributed by atoms with E-state index in [1.54, 1.807) is 18.4 Å². The number of anilines is 1. The Balaban J connectivity index is 2.21. The topological polar surface area (TPSA) is 47.6 Å². The molecule has 0 bridgehead atoms. The number of hydrogen-bond acceptors (Lipinski definition) is 5. The first-order chi connectivity index (χ1) is 10.2. The molecule has 2 rings (SSSR count). The lowest BCUT2D eigenvalue weighted by atomic mass is 10.00. The Kier molecular flexibility index (Phi) is 5.22. The maximum atomic E-state index is 11.9. The van der Waals surface area contributed by atoms with Crippen molar-refractivity contribution in [3.8, 4) is 5.75 Å². The molecule has 0 amide bonds. The Morgan fingerprint density at radius 2 is 1.90 bits per heavy atom. The highest BCUT2D eigenvalue weighted by Crippen LogP contribution is 2.31. The van der Waals surface area contributed by atoms with Crippen LogP contribution in [0.2, 0.25) is 0 Å². The Morgan fingerprint density at radius 3 is 2.43 bits per heavy atom. The Labute approximate surface area is 128 Å². The molecule has 0 aliphatic carbocycles. The maximum Gasteiger partial charge on any atom is 0.310 e. The van der Waals surface area contributed by atoms with Gasteiger partial charge in [-0.2, -0.15) is 0 Å². The monoisotopic (exact) mass is 305 g/mol. The van der Waals surface area contributed by atoms with E-state index in [0.29, 0.717) is 0 Å². The minimum Gasteiger partial charge on any atom is -0.497 e. The molecule has 4 nitrogen and oxygen atoms in total. The lowest BCUT2D eigenvalue weighted by Crippen LogP contribution is -2.25. The van der Waals surface area contributed by atoms with Crippen LogP contribution in [0, 0.1) is 5.92 Å². The SMILES string of the molecule is COC(=O)[C@H](C)[C@H](Nc1ccc(OC)cc1)c1cccs1. The normalized spacial score (nSPS) is 13.3. The largest absolute Gasteiger partial charge is 0.497 e. The van der Waals surface area contributed by atoms with E-state index >= 15 is 0 Å². The van der Waals surface area contributed by atoms with Gasteiger partial charge in [0.15, 0.2) is 0 Å². The molecule has 1 aromatic heterocycles. The molecule has 1 N–H and O–H groups in total. The lowest BCUT2D eigenvalue weighted by Gasteiger charge is -2.23. The van der Waals surface area contributed by atoms with Gasteiger partial charge >= 0.3 is 5.97 Å². The van der Waals surface area contributed by atoms with Gasteiger partial charge in [-0.1, -0.05) is 6.07 Å². The second-order valence-electron chi connectivity index (χ2n) is 4.68. The number of esters is 1. The first-order valence-electron chi connectivity index (χ1n) is 6.67. The van der Waals surface area contributed by atoms with E-state index < -0.39 is 0 Å². The summed E-state index contributed by atoms with van der Waals surface area (Å²) >= 11 is 1.62. The van der Waals surface area contributed by atoms with Gasteiger partial charge in [-0.15, -0.1) is 11.3 Å². The van der Waals surface area contributed by atoms with E-state index in [4.69, 9.17) is 9.47 Å². The fourth-order valence-electron chi connectivity index (χ4n) is 2.10. The van der Waals surface area contributed by atoms with Crippen LogP contribution in [0.1, 0.15) is 17.8 Å². The quantitative estimate of drug-likeness (QED) is 0.826. The van der Waals surface area contributed by atoms with Crippen molar-refractivity contribution in [2.24, 2.45) is 5.92 Å². The lowest BCUT2D eigenvalue weighted by molar-refractivity contribution is -0.145. The van der Waals surface area contributed by atoms with E-state index in [1.165, 1.54) is 7.11 Å². The molecule has 2 aromatic rings. The summed E-state index contributed by atoms with van der Waals surface area (Å²) in [5, 5.41) is 5.40. The summed E-state index contributed by atoms with van der Waals surface area (Å²) in [4.78, 5) is 13.0. The molecule has 112 valence electrons. The van der Waals surface area contributed by atoms with Crippen LogP contribution in [-0.2, 0) is 9.53 Å². The molecule has 21 heavy (non-hydrogen) atoms. The van der Waals surface area contributed by atoms with E-state index in [1.807, 2.05) is 48.7 Å². The third-order valence-electron chi connectivity index (χ3n) is 3.33. The fraction of sp³-hybridized carbons (Fsp3) is 0.312. The molecular formula is C16H19NO3S. The average molecular weight is 305 g/mol. The van der Waals surface area contributed by atoms with Crippen LogP contribution < -0.4 is 10.1 Å². The van der Waals surface area contributed by atoms with Crippen LogP contribution >= 0.6 is 11.3 Å². The molecule has 5 heteroatoms. The Morgan fingerprint density at radius 1 is 1.19 bits per heavy atom. The van der Waals surface area contributed by atoms with Crippen molar-refractivity contribution in [1.29, 1.82) is 0 Å². The second-order valence-corrected chi connectivity index (χ2v) is 5.66. The molecule has 2 atom stereocenters. The molecule has 1 aromatic carbocycles. The maximum absolute atomic E-state index is 11.9. The Bertz CT molecular complexity index is 566. The molecule has 0 saturated heterocycles. The van der Waals surface area contributed by atoms with Gasteiger partial charge < -0.3 is 14.8 Å². The molecule has 0 aliphatic heterocycles. The van der Waals surface area contributed by atoms with Crippen molar-refractivity contribution < 1.29 is 14.3 Å². The van der Waals surface area contributed by atoms with Crippen LogP contribution in [0.15, 0.2) is 41.8 Å². The van der Waals surface area contributed by atoms with Crippen LogP contribution in [0.5, 0.6) is 5.75 Å². The van der Waals surface area contributed by atoms with Crippen molar-refractivity contribution in [3.63, 3.8) is 0 Å². The highest BCUT2D eigenvalue weighted by molar-refractivity contribution is 7.10. The number of ether oxygens (including phenoxy) is 2. The van der Waals surface area contributed by atoms with E-state index in [0.717, 1.165) is 16.3 Å². The molecule has 0 fully saturated rings. The van der Waals surface area contributed by atoms with Crippen LogP contribution in [0.4, 0.5) is 5.69 Å². The van der Waals surface area contributed by atoms with E-state index in [-0.39, 0.29) is 17.9 Å². The van der Waals surface area contributed by atoms with Gasteiger partial charge in [-0.3, -0.25) is 4.79 Å². The summed E-state index contributed by atoms with van der Waals surface area (Å²) in [6.45, 7) is 1.87. The van der Waals surface area contributed by atoms with E-state index in [2.05, 4.69) is 5.32 Å². The minimum atomic E-state index is -0.282. The zero-order valence-corrected chi connectivity index (χ0v) is 13.1. The van der Waals surface area contributed by atoms with Crippen molar-refractivity contribution in [1.82, 2.24) is 0 Å². The van der Waals surface area contributed by atoms with Crippen molar-refractivity contribution >= 4 is 23.0 Å². The molecular weight excluding hydrogens is 286 g/mol. The summed E-state index contributed by atoms with van der Waals surface area (Å²) in [5.74, 6) is 0.291. The molecule has 0 radical (unpaired) electrons. The second kappa shape index (κ2) is 7.13. The van der Waals surface area contributed by atoms with Crippen LogP contribution in [-0.4, -0.2) is 20.2 Å². The predicted octanol–water partition coefficient (Wildman–Crippen LogP) is 3.72.